The van der Waals surface area contributed by atoms with E-state index >= 15 is 0 Å². The van der Waals surface area contributed by atoms with Gasteiger partial charge >= 0.3 is 0 Å². The fourth-order valence-electron chi connectivity index (χ4n) is 5.17. The Bertz CT molecular complexity index is 1320. The van der Waals surface area contributed by atoms with E-state index in [0.29, 0.717) is 55.5 Å². The molecule has 1 amide bonds. The first kappa shape index (κ1) is 25.7. The van der Waals surface area contributed by atoms with Gasteiger partial charge in [-0.05, 0) is 42.5 Å². The molecule has 2 aliphatic rings. The van der Waals surface area contributed by atoms with Crippen LogP contribution in [0.15, 0.2) is 66.7 Å². The number of ether oxygens (including phenoxy) is 1. The molecule has 0 bridgehead atoms. The molecule has 0 N–H and O–H groups in total. The average molecular weight is 536 g/mol. The van der Waals surface area contributed by atoms with E-state index in [2.05, 4.69) is 14.7 Å². The van der Waals surface area contributed by atoms with Crippen LogP contribution in [0.3, 0.4) is 0 Å². The first-order valence-corrected chi connectivity index (χ1v) is 13.0. The van der Waals surface area contributed by atoms with Crippen LogP contribution in [0, 0.1) is 10.1 Å². The number of benzene rings is 3. The third kappa shape index (κ3) is 5.33. The van der Waals surface area contributed by atoms with E-state index in [4.69, 9.17) is 16.3 Å². The summed E-state index contributed by atoms with van der Waals surface area (Å²) in [4.78, 5) is 32.8. The van der Waals surface area contributed by atoms with Gasteiger partial charge in [-0.3, -0.25) is 14.9 Å². The van der Waals surface area contributed by atoms with Crippen LogP contribution < -0.4 is 19.4 Å². The predicted octanol–water partition coefficient (Wildman–Crippen LogP) is 4.55. The number of carbonyl (C=O) groups excluding carboxylic acids is 1. The van der Waals surface area contributed by atoms with Crippen molar-refractivity contribution in [2.24, 2.45) is 0 Å². The first-order chi connectivity index (χ1) is 18.4. The molecule has 0 spiro atoms. The van der Waals surface area contributed by atoms with Crippen molar-refractivity contribution in [3.63, 3.8) is 0 Å². The minimum atomic E-state index is -0.312. The van der Waals surface area contributed by atoms with Gasteiger partial charge in [-0.1, -0.05) is 29.8 Å². The molecule has 2 saturated heterocycles. The molecule has 38 heavy (non-hydrogen) atoms. The number of hydrogen-bond donors (Lipinski definition) is 0. The van der Waals surface area contributed by atoms with Crippen molar-refractivity contribution in [2.75, 3.05) is 74.2 Å². The largest absolute Gasteiger partial charge is 0.495 e. The zero-order valence-corrected chi connectivity index (χ0v) is 22.0. The molecular weight excluding hydrogens is 506 g/mol. The Morgan fingerprint density at radius 2 is 1.47 bits per heavy atom. The smallest absolute Gasteiger partial charge is 0.292 e. The summed E-state index contributed by atoms with van der Waals surface area (Å²) in [7, 11) is 1.66. The molecule has 9 nitrogen and oxygen atoms in total. The summed E-state index contributed by atoms with van der Waals surface area (Å²) in [5.74, 6) is 0.784. The number of nitro groups is 1. The number of amides is 1. The minimum Gasteiger partial charge on any atom is -0.495 e. The summed E-state index contributed by atoms with van der Waals surface area (Å²) in [5, 5.41) is 12.4. The van der Waals surface area contributed by atoms with Crippen LogP contribution >= 0.6 is 11.6 Å². The minimum absolute atomic E-state index is 0.0375. The molecule has 3 aromatic carbocycles. The SMILES string of the molecule is COc1ccccc1N1CCN(c2cc(N3CCN(C(=O)c4cccc(Cl)c4)CC3)ccc2[N+](=O)[O-])CC1. The van der Waals surface area contributed by atoms with E-state index in [1.807, 2.05) is 35.2 Å². The number of piperazine rings is 2. The maximum Gasteiger partial charge on any atom is 0.292 e. The van der Waals surface area contributed by atoms with E-state index < -0.39 is 0 Å². The van der Waals surface area contributed by atoms with Crippen molar-refractivity contribution >= 4 is 40.3 Å². The molecule has 0 aromatic heterocycles. The molecular formula is C28H30ClN5O4. The van der Waals surface area contributed by atoms with Crippen LogP contribution in [0.5, 0.6) is 5.75 Å². The van der Waals surface area contributed by atoms with Gasteiger partial charge in [0, 0.05) is 74.7 Å². The molecule has 5 rings (SSSR count). The van der Waals surface area contributed by atoms with Gasteiger partial charge < -0.3 is 24.3 Å². The van der Waals surface area contributed by atoms with Gasteiger partial charge in [0.25, 0.3) is 11.6 Å². The van der Waals surface area contributed by atoms with Crippen molar-refractivity contribution in [2.45, 2.75) is 0 Å². The maximum absolute atomic E-state index is 12.9. The lowest BCUT2D eigenvalue weighted by Crippen LogP contribution is -2.49. The predicted molar refractivity (Wildman–Crippen MR) is 150 cm³/mol. The van der Waals surface area contributed by atoms with E-state index in [9.17, 15) is 14.9 Å². The van der Waals surface area contributed by atoms with Crippen LogP contribution in [0.2, 0.25) is 5.02 Å². The number of rotatable bonds is 6. The molecule has 3 aromatic rings. The first-order valence-electron chi connectivity index (χ1n) is 12.7. The number of methoxy groups -OCH3 is 1. The highest BCUT2D eigenvalue weighted by Crippen LogP contribution is 2.35. The van der Waals surface area contributed by atoms with Crippen LogP contribution in [-0.4, -0.2) is 75.2 Å². The van der Waals surface area contributed by atoms with Gasteiger partial charge in [-0.2, -0.15) is 0 Å². The Kier molecular flexibility index (Phi) is 7.55. The number of nitro benzene ring substituents is 1. The Morgan fingerprint density at radius 3 is 2.13 bits per heavy atom. The van der Waals surface area contributed by atoms with Crippen molar-refractivity contribution in [1.82, 2.24) is 4.90 Å². The van der Waals surface area contributed by atoms with Gasteiger partial charge in [0.05, 0.1) is 17.7 Å². The summed E-state index contributed by atoms with van der Waals surface area (Å²) < 4.78 is 5.52. The lowest BCUT2D eigenvalue weighted by atomic mass is 10.1. The number of nitrogens with zero attached hydrogens (tertiary/aromatic N) is 5. The number of anilines is 3. The van der Waals surface area contributed by atoms with Gasteiger partial charge in [0.2, 0.25) is 0 Å². The van der Waals surface area contributed by atoms with Gasteiger partial charge in [-0.15, -0.1) is 0 Å². The Hall–Kier alpha value is -3.98. The number of hydrogen-bond acceptors (Lipinski definition) is 7. The average Bonchev–Trinajstić information content (AvgIpc) is 2.96. The summed E-state index contributed by atoms with van der Waals surface area (Å²) >= 11 is 6.06. The summed E-state index contributed by atoms with van der Waals surface area (Å²) in [6, 6.07) is 20.2. The zero-order chi connectivity index (χ0) is 26.6. The standard InChI is InChI=1S/C28H30ClN5O4/c1-38-27-8-3-2-7-25(27)31-13-15-32(16-14-31)26-20-23(9-10-24(26)34(36)37)30-11-17-33(18-12-30)28(35)21-5-4-6-22(29)19-21/h2-10,19-20H,11-18H2,1H3. The Balaban J connectivity index is 1.28. The fraction of sp³-hybridized carbons (Fsp3) is 0.321. The molecule has 2 fully saturated rings. The van der Waals surface area contributed by atoms with Crippen LogP contribution in [0.4, 0.5) is 22.7 Å². The summed E-state index contributed by atoms with van der Waals surface area (Å²) in [5.41, 5.74) is 3.27. The molecule has 0 aliphatic carbocycles. The van der Waals surface area contributed by atoms with E-state index in [1.54, 1.807) is 43.5 Å². The summed E-state index contributed by atoms with van der Waals surface area (Å²) in [6.45, 7) is 5.19. The third-order valence-corrected chi connectivity index (χ3v) is 7.44. The molecule has 2 aliphatic heterocycles. The zero-order valence-electron chi connectivity index (χ0n) is 21.3. The second-order valence-corrected chi connectivity index (χ2v) is 9.80. The van der Waals surface area contributed by atoms with Gasteiger partial charge in [-0.25, -0.2) is 0 Å². The van der Waals surface area contributed by atoms with Gasteiger partial charge in [0.15, 0.2) is 0 Å². The van der Waals surface area contributed by atoms with Crippen molar-refractivity contribution in [3.05, 3.63) is 87.4 Å². The summed E-state index contributed by atoms with van der Waals surface area (Å²) in [6.07, 6.45) is 0. The van der Waals surface area contributed by atoms with E-state index in [-0.39, 0.29) is 16.5 Å². The molecule has 10 heteroatoms. The number of para-hydroxylation sites is 2. The molecule has 0 atom stereocenters. The highest BCUT2D eigenvalue weighted by Gasteiger charge is 2.28. The number of halogens is 1. The molecule has 0 unspecified atom stereocenters. The Morgan fingerprint density at radius 1 is 0.816 bits per heavy atom. The second kappa shape index (κ2) is 11.2. The van der Waals surface area contributed by atoms with Crippen LogP contribution in [-0.2, 0) is 0 Å². The number of carbonyl (C=O) groups is 1. The fourth-order valence-corrected chi connectivity index (χ4v) is 5.36. The quantitative estimate of drug-likeness (QED) is 0.338. The molecule has 198 valence electrons. The van der Waals surface area contributed by atoms with Crippen LogP contribution in [0.1, 0.15) is 10.4 Å². The normalized spacial score (nSPS) is 15.9. The van der Waals surface area contributed by atoms with Gasteiger partial charge in [0.1, 0.15) is 11.4 Å². The third-order valence-electron chi connectivity index (χ3n) is 7.21. The van der Waals surface area contributed by atoms with Crippen molar-refractivity contribution in [1.29, 1.82) is 0 Å². The highest BCUT2D eigenvalue weighted by atomic mass is 35.5. The second-order valence-electron chi connectivity index (χ2n) is 9.37. The van der Waals surface area contributed by atoms with E-state index in [0.717, 1.165) is 30.2 Å². The maximum atomic E-state index is 12.9. The highest BCUT2D eigenvalue weighted by molar-refractivity contribution is 6.30. The van der Waals surface area contributed by atoms with Crippen LogP contribution in [0.25, 0.3) is 0 Å². The van der Waals surface area contributed by atoms with Crippen molar-refractivity contribution in [3.8, 4) is 5.75 Å². The Labute approximate surface area is 226 Å². The van der Waals surface area contributed by atoms with Crippen molar-refractivity contribution < 1.29 is 14.5 Å². The lowest BCUT2D eigenvalue weighted by molar-refractivity contribution is -0.384. The van der Waals surface area contributed by atoms with E-state index in [1.165, 1.54) is 0 Å². The monoisotopic (exact) mass is 535 g/mol. The topological polar surface area (TPSA) is 82.4 Å². The molecule has 0 saturated carbocycles. The molecule has 0 radical (unpaired) electrons. The molecule has 2 heterocycles. The lowest BCUT2D eigenvalue weighted by Gasteiger charge is -2.39.